The van der Waals surface area contributed by atoms with Gasteiger partial charge in [0.25, 0.3) is 0 Å². The van der Waals surface area contributed by atoms with Crippen molar-refractivity contribution in [3.63, 3.8) is 0 Å². The third-order valence-corrected chi connectivity index (χ3v) is 2.54. The standard InChI is InChI=1S/C11H10FN3S/c1-15-10(9(6-14-15)11(13)16)7-2-4-8(12)5-3-7/h2-6H,1H3,(H2,13,16). The minimum Gasteiger partial charge on any atom is -0.389 e. The Kier molecular flexibility index (Phi) is 2.70. The molecule has 0 amide bonds. The number of nitrogens with zero attached hydrogens (tertiary/aromatic N) is 2. The van der Waals surface area contributed by atoms with E-state index in [1.54, 1.807) is 30.1 Å². The van der Waals surface area contributed by atoms with Crippen molar-refractivity contribution in [2.75, 3.05) is 0 Å². The summed E-state index contributed by atoms with van der Waals surface area (Å²) in [7, 11) is 1.79. The van der Waals surface area contributed by atoms with Crippen molar-refractivity contribution in [1.82, 2.24) is 9.78 Å². The minimum absolute atomic E-state index is 0.275. The zero-order valence-electron chi connectivity index (χ0n) is 8.64. The summed E-state index contributed by atoms with van der Waals surface area (Å²) < 4.78 is 14.5. The lowest BCUT2D eigenvalue weighted by Crippen LogP contribution is -2.10. The first-order valence-electron chi connectivity index (χ1n) is 4.67. The van der Waals surface area contributed by atoms with Crippen LogP contribution in [-0.4, -0.2) is 14.8 Å². The molecule has 0 aliphatic carbocycles. The lowest BCUT2D eigenvalue weighted by atomic mass is 10.1. The molecule has 3 nitrogen and oxygen atoms in total. The van der Waals surface area contributed by atoms with Gasteiger partial charge in [-0.1, -0.05) is 12.2 Å². The van der Waals surface area contributed by atoms with Crippen molar-refractivity contribution in [3.8, 4) is 11.3 Å². The summed E-state index contributed by atoms with van der Waals surface area (Å²) in [6.07, 6.45) is 1.61. The number of thiocarbonyl (C=S) groups is 1. The van der Waals surface area contributed by atoms with Gasteiger partial charge in [0.2, 0.25) is 0 Å². The van der Waals surface area contributed by atoms with Crippen LogP contribution in [0.15, 0.2) is 30.5 Å². The van der Waals surface area contributed by atoms with E-state index in [0.29, 0.717) is 5.56 Å². The van der Waals surface area contributed by atoms with E-state index < -0.39 is 0 Å². The summed E-state index contributed by atoms with van der Waals surface area (Å²) >= 11 is 4.94. The summed E-state index contributed by atoms with van der Waals surface area (Å²) in [5.41, 5.74) is 7.93. The first-order chi connectivity index (χ1) is 7.59. The van der Waals surface area contributed by atoms with Gasteiger partial charge >= 0.3 is 0 Å². The fourth-order valence-corrected chi connectivity index (χ4v) is 1.72. The van der Waals surface area contributed by atoms with E-state index in [2.05, 4.69) is 5.10 Å². The Labute approximate surface area is 97.7 Å². The van der Waals surface area contributed by atoms with Gasteiger partial charge in [-0.2, -0.15) is 5.10 Å². The largest absolute Gasteiger partial charge is 0.389 e. The zero-order valence-corrected chi connectivity index (χ0v) is 9.46. The molecule has 0 fully saturated rings. The Hall–Kier alpha value is -1.75. The normalized spacial score (nSPS) is 10.4. The average Bonchev–Trinajstić information content (AvgIpc) is 2.62. The zero-order chi connectivity index (χ0) is 11.7. The van der Waals surface area contributed by atoms with Crippen LogP contribution in [0, 0.1) is 5.82 Å². The lowest BCUT2D eigenvalue weighted by Gasteiger charge is -2.05. The summed E-state index contributed by atoms with van der Waals surface area (Å²) in [6, 6.07) is 6.14. The van der Waals surface area contributed by atoms with Gasteiger partial charge in [-0.3, -0.25) is 4.68 Å². The SMILES string of the molecule is Cn1ncc(C(N)=S)c1-c1ccc(F)cc1. The number of nitrogens with two attached hydrogens (primary N) is 1. The number of halogens is 1. The fourth-order valence-electron chi connectivity index (χ4n) is 1.57. The molecular formula is C11H10FN3S. The monoisotopic (exact) mass is 235 g/mol. The molecule has 1 heterocycles. The average molecular weight is 235 g/mol. The highest BCUT2D eigenvalue weighted by Crippen LogP contribution is 2.23. The number of rotatable bonds is 2. The van der Waals surface area contributed by atoms with E-state index in [1.165, 1.54) is 12.1 Å². The molecule has 2 N–H and O–H groups in total. The topological polar surface area (TPSA) is 43.8 Å². The van der Waals surface area contributed by atoms with E-state index >= 15 is 0 Å². The van der Waals surface area contributed by atoms with Crippen molar-refractivity contribution in [3.05, 3.63) is 41.8 Å². The fraction of sp³-hybridized carbons (Fsp3) is 0.0909. The number of benzene rings is 1. The van der Waals surface area contributed by atoms with E-state index in [4.69, 9.17) is 18.0 Å². The van der Waals surface area contributed by atoms with Gasteiger partial charge < -0.3 is 5.73 Å². The van der Waals surface area contributed by atoms with Gasteiger partial charge in [-0.05, 0) is 24.3 Å². The predicted molar refractivity (Wildman–Crippen MR) is 64.5 cm³/mol. The Morgan fingerprint density at radius 2 is 2.00 bits per heavy atom. The first kappa shape index (κ1) is 10.8. The number of hydrogen-bond acceptors (Lipinski definition) is 2. The molecule has 0 saturated heterocycles. The minimum atomic E-state index is -0.275. The molecule has 0 unspecified atom stereocenters. The molecule has 0 aliphatic rings. The van der Waals surface area contributed by atoms with E-state index in [1.807, 2.05) is 0 Å². The number of aryl methyl sites for hydroxylation is 1. The second kappa shape index (κ2) is 4.02. The van der Waals surface area contributed by atoms with Gasteiger partial charge in [0.15, 0.2) is 0 Å². The molecular weight excluding hydrogens is 225 g/mol. The number of hydrogen-bond donors (Lipinski definition) is 1. The maximum absolute atomic E-state index is 12.8. The van der Waals surface area contributed by atoms with Gasteiger partial charge in [0.05, 0.1) is 17.5 Å². The molecule has 0 spiro atoms. The molecule has 2 rings (SSSR count). The van der Waals surface area contributed by atoms with Crippen LogP contribution in [-0.2, 0) is 7.05 Å². The first-order valence-corrected chi connectivity index (χ1v) is 5.08. The van der Waals surface area contributed by atoms with Crippen LogP contribution in [0.3, 0.4) is 0 Å². The Morgan fingerprint density at radius 3 is 2.56 bits per heavy atom. The molecule has 2 aromatic rings. The molecule has 16 heavy (non-hydrogen) atoms. The van der Waals surface area contributed by atoms with Crippen molar-refractivity contribution in [2.24, 2.45) is 12.8 Å². The summed E-state index contributed by atoms with van der Waals surface area (Å²) in [4.78, 5) is 0.285. The summed E-state index contributed by atoms with van der Waals surface area (Å²) in [5, 5.41) is 4.09. The van der Waals surface area contributed by atoms with Crippen LogP contribution >= 0.6 is 12.2 Å². The molecule has 82 valence electrons. The molecule has 1 aromatic carbocycles. The quantitative estimate of drug-likeness (QED) is 0.808. The van der Waals surface area contributed by atoms with Gasteiger partial charge in [-0.25, -0.2) is 4.39 Å². The van der Waals surface area contributed by atoms with E-state index in [-0.39, 0.29) is 10.8 Å². The van der Waals surface area contributed by atoms with E-state index in [0.717, 1.165) is 11.3 Å². The third kappa shape index (κ3) is 1.81. The molecule has 5 heteroatoms. The lowest BCUT2D eigenvalue weighted by molar-refractivity contribution is 0.628. The van der Waals surface area contributed by atoms with Gasteiger partial charge in [0.1, 0.15) is 10.8 Å². The van der Waals surface area contributed by atoms with E-state index in [9.17, 15) is 4.39 Å². The van der Waals surface area contributed by atoms with Crippen LogP contribution in [0.4, 0.5) is 4.39 Å². The Balaban J connectivity index is 2.58. The smallest absolute Gasteiger partial charge is 0.123 e. The van der Waals surface area contributed by atoms with Gasteiger partial charge in [0, 0.05) is 12.6 Å². The van der Waals surface area contributed by atoms with Crippen LogP contribution in [0.25, 0.3) is 11.3 Å². The van der Waals surface area contributed by atoms with Crippen molar-refractivity contribution >= 4 is 17.2 Å². The number of aromatic nitrogens is 2. The summed E-state index contributed by atoms with van der Waals surface area (Å²) in [5.74, 6) is -0.275. The maximum Gasteiger partial charge on any atom is 0.123 e. The Bertz CT molecular complexity index is 531. The van der Waals surface area contributed by atoms with Crippen molar-refractivity contribution in [2.45, 2.75) is 0 Å². The second-order valence-corrected chi connectivity index (χ2v) is 3.84. The highest BCUT2D eigenvalue weighted by atomic mass is 32.1. The molecule has 0 radical (unpaired) electrons. The highest BCUT2D eigenvalue weighted by molar-refractivity contribution is 7.80. The van der Waals surface area contributed by atoms with Crippen LogP contribution in [0.2, 0.25) is 0 Å². The molecule has 0 aliphatic heterocycles. The third-order valence-electron chi connectivity index (χ3n) is 2.32. The predicted octanol–water partition coefficient (Wildman–Crippen LogP) is 1.86. The van der Waals surface area contributed by atoms with Crippen molar-refractivity contribution < 1.29 is 4.39 Å². The Morgan fingerprint density at radius 1 is 1.38 bits per heavy atom. The van der Waals surface area contributed by atoms with Gasteiger partial charge in [-0.15, -0.1) is 0 Å². The highest BCUT2D eigenvalue weighted by Gasteiger charge is 2.12. The molecule has 0 saturated carbocycles. The maximum atomic E-state index is 12.8. The van der Waals surface area contributed by atoms with Crippen LogP contribution in [0.5, 0.6) is 0 Å². The second-order valence-electron chi connectivity index (χ2n) is 3.40. The summed E-state index contributed by atoms with van der Waals surface area (Å²) in [6.45, 7) is 0. The molecule has 0 atom stereocenters. The van der Waals surface area contributed by atoms with Crippen LogP contribution < -0.4 is 5.73 Å². The molecule has 0 bridgehead atoms. The van der Waals surface area contributed by atoms with Crippen LogP contribution in [0.1, 0.15) is 5.56 Å². The molecule has 1 aromatic heterocycles. The van der Waals surface area contributed by atoms with Crippen molar-refractivity contribution in [1.29, 1.82) is 0 Å².